The average molecular weight is 298 g/mol. The summed E-state index contributed by atoms with van der Waals surface area (Å²) in [5.74, 6) is 2.57. The Bertz CT molecular complexity index is 582. The van der Waals surface area contributed by atoms with E-state index in [4.69, 9.17) is 4.98 Å². The lowest BCUT2D eigenvalue weighted by atomic mass is 10.3. The van der Waals surface area contributed by atoms with Gasteiger partial charge in [0.25, 0.3) is 0 Å². The molecule has 0 bridgehead atoms. The molecule has 1 aliphatic rings. The van der Waals surface area contributed by atoms with E-state index in [0.717, 1.165) is 48.5 Å². The minimum atomic E-state index is -0.644. The minimum absolute atomic E-state index is 0.644. The molecule has 3 heterocycles. The fourth-order valence-electron chi connectivity index (χ4n) is 2.33. The second kappa shape index (κ2) is 5.60. The predicted octanol–water partition coefficient (Wildman–Crippen LogP) is 1.07. The molecule has 19 heavy (non-hydrogen) atoms. The van der Waals surface area contributed by atoms with E-state index >= 15 is 0 Å². The third-order valence-electron chi connectivity index (χ3n) is 3.36. The third kappa shape index (κ3) is 2.54. The lowest BCUT2D eigenvalue weighted by Gasteiger charge is -2.27. The van der Waals surface area contributed by atoms with Crippen molar-refractivity contribution in [3.8, 4) is 0 Å². The SMILES string of the molecule is CCNCc1c(N2CCS(=O)CC2)nc2sccn12. The number of anilines is 1. The third-order valence-corrected chi connectivity index (χ3v) is 5.39. The molecule has 1 aliphatic heterocycles. The molecular weight excluding hydrogens is 280 g/mol. The Hall–Kier alpha value is -0.920. The molecule has 1 fully saturated rings. The van der Waals surface area contributed by atoms with Gasteiger partial charge in [-0.05, 0) is 6.54 Å². The van der Waals surface area contributed by atoms with Gasteiger partial charge in [-0.15, -0.1) is 11.3 Å². The molecule has 3 rings (SSSR count). The Kier molecular flexibility index (Phi) is 3.86. The molecule has 0 aliphatic carbocycles. The van der Waals surface area contributed by atoms with Crippen molar-refractivity contribution in [2.75, 3.05) is 36.0 Å². The van der Waals surface area contributed by atoms with Crippen molar-refractivity contribution in [1.29, 1.82) is 0 Å². The number of imidazole rings is 1. The van der Waals surface area contributed by atoms with Crippen LogP contribution in [0.15, 0.2) is 11.6 Å². The normalized spacial score (nSPS) is 17.4. The highest BCUT2D eigenvalue weighted by Crippen LogP contribution is 2.25. The van der Waals surface area contributed by atoms with Crippen molar-refractivity contribution in [2.45, 2.75) is 13.5 Å². The maximum atomic E-state index is 11.5. The molecule has 7 heteroatoms. The molecule has 2 aromatic heterocycles. The van der Waals surface area contributed by atoms with Crippen molar-refractivity contribution in [2.24, 2.45) is 0 Å². The van der Waals surface area contributed by atoms with Crippen LogP contribution in [0.5, 0.6) is 0 Å². The van der Waals surface area contributed by atoms with Crippen LogP contribution in [0.25, 0.3) is 4.96 Å². The smallest absolute Gasteiger partial charge is 0.195 e. The molecule has 0 aromatic carbocycles. The average Bonchev–Trinajstić information content (AvgIpc) is 2.98. The van der Waals surface area contributed by atoms with Crippen LogP contribution in [-0.2, 0) is 17.3 Å². The Morgan fingerprint density at radius 1 is 1.47 bits per heavy atom. The Labute approximate surface area is 119 Å². The Morgan fingerprint density at radius 2 is 2.26 bits per heavy atom. The number of aromatic nitrogens is 2. The maximum absolute atomic E-state index is 11.5. The first-order valence-electron chi connectivity index (χ1n) is 6.54. The number of nitrogens with one attached hydrogen (secondary N) is 1. The maximum Gasteiger partial charge on any atom is 0.195 e. The van der Waals surface area contributed by atoms with Gasteiger partial charge in [0.05, 0.1) is 5.69 Å². The van der Waals surface area contributed by atoms with Crippen molar-refractivity contribution in [1.82, 2.24) is 14.7 Å². The highest BCUT2D eigenvalue weighted by atomic mass is 32.2. The number of fused-ring (bicyclic) bond motifs is 1. The number of rotatable bonds is 4. The second-order valence-corrected chi connectivity index (χ2v) is 7.12. The zero-order valence-electron chi connectivity index (χ0n) is 11.0. The van der Waals surface area contributed by atoms with Crippen molar-refractivity contribution in [3.63, 3.8) is 0 Å². The van der Waals surface area contributed by atoms with E-state index in [9.17, 15) is 4.21 Å². The van der Waals surface area contributed by atoms with Gasteiger partial charge in [-0.3, -0.25) is 8.61 Å². The summed E-state index contributed by atoms with van der Waals surface area (Å²) in [5, 5.41) is 5.44. The molecular formula is C12H18N4OS2. The molecule has 0 spiro atoms. The summed E-state index contributed by atoms with van der Waals surface area (Å²) in [4.78, 5) is 8.05. The topological polar surface area (TPSA) is 49.6 Å². The molecule has 0 radical (unpaired) electrons. The molecule has 0 amide bonds. The van der Waals surface area contributed by atoms with Crippen LogP contribution >= 0.6 is 11.3 Å². The lowest BCUT2D eigenvalue weighted by molar-refractivity contribution is 0.669. The van der Waals surface area contributed by atoms with Gasteiger partial charge in [-0.1, -0.05) is 6.92 Å². The number of hydrogen-bond acceptors (Lipinski definition) is 5. The summed E-state index contributed by atoms with van der Waals surface area (Å²) < 4.78 is 13.6. The van der Waals surface area contributed by atoms with Crippen LogP contribution < -0.4 is 10.2 Å². The fraction of sp³-hybridized carbons (Fsp3) is 0.583. The first-order chi connectivity index (χ1) is 9.29. The first kappa shape index (κ1) is 13.1. The number of nitrogens with zero attached hydrogens (tertiary/aromatic N) is 3. The lowest BCUT2D eigenvalue weighted by Crippen LogP contribution is -2.38. The highest BCUT2D eigenvalue weighted by molar-refractivity contribution is 7.85. The van der Waals surface area contributed by atoms with Crippen molar-refractivity contribution >= 4 is 32.9 Å². The van der Waals surface area contributed by atoms with Crippen LogP contribution in [0.1, 0.15) is 12.6 Å². The summed E-state index contributed by atoms with van der Waals surface area (Å²) in [5.41, 5.74) is 1.21. The zero-order valence-corrected chi connectivity index (χ0v) is 12.6. The van der Waals surface area contributed by atoms with Crippen LogP contribution in [0.2, 0.25) is 0 Å². The molecule has 0 saturated carbocycles. The van der Waals surface area contributed by atoms with E-state index in [1.165, 1.54) is 5.69 Å². The van der Waals surface area contributed by atoms with E-state index in [1.54, 1.807) is 11.3 Å². The molecule has 0 unspecified atom stereocenters. The summed E-state index contributed by atoms with van der Waals surface area (Å²) in [6, 6.07) is 0. The molecule has 104 valence electrons. The summed E-state index contributed by atoms with van der Waals surface area (Å²) in [6.07, 6.45) is 2.07. The van der Waals surface area contributed by atoms with Gasteiger partial charge < -0.3 is 10.2 Å². The molecule has 0 atom stereocenters. The van der Waals surface area contributed by atoms with Crippen LogP contribution in [-0.4, -0.2) is 44.7 Å². The van der Waals surface area contributed by atoms with E-state index < -0.39 is 10.8 Å². The van der Waals surface area contributed by atoms with Crippen molar-refractivity contribution in [3.05, 3.63) is 17.3 Å². The van der Waals surface area contributed by atoms with E-state index in [2.05, 4.69) is 33.1 Å². The predicted molar refractivity (Wildman–Crippen MR) is 80.5 cm³/mol. The Morgan fingerprint density at radius 3 is 3.00 bits per heavy atom. The summed E-state index contributed by atoms with van der Waals surface area (Å²) in [6.45, 7) is 5.56. The van der Waals surface area contributed by atoms with Crippen LogP contribution in [0.3, 0.4) is 0 Å². The van der Waals surface area contributed by atoms with E-state index in [-0.39, 0.29) is 0 Å². The van der Waals surface area contributed by atoms with E-state index in [1.807, 2.05) is 0 Å². The van der Waals surface area contributed by atoms with Gasteiger partial charge in [0.2, 0.25) is 0 Å². The molecule has 2 aromatic rings. The quantitative estimate of drug-likeness (QED) is 0.917. The molecule has 1 N–H and O–H groups in total. The monoisotopic (exact) mass is 298 g/mol. The molecule has 5 nitrogen and oxygen atoms in total. The van der Waals surface area contributed by atoms with Gasteiger partial charge in [-0.2, -0.15) is 0 Å². The highest BCUT2D eigenvalue weighted by Gasteiger charge is 2.22. The van der Waals surface area contributed by atoms with Gasteiger partial charge in [0, 0.05) is 53.5 Å². The largest absolute Gasteiger partial charge is 0.353 e. The standard InChI is InChI=1S/C12H18N4OS2/c1-2-13-9-10-11(14-12-16(10)3-6-18-12)15-4-7-19(17)8-5-15/h3,6,13H,2,4-5,7-9H2,1H3. The Balaban J connectivity index is 1.92. The van der Waals surface area contributed by atoms with Crippen molar-refractivity contribution < 1.29 is 4.21 Å². The number of thiazole rings is 1. The minimum Gasteiger partial charge on any atom is -0.353 e. The summed E-state index contributed by atoms with van der Waals surface area (Å²) in [7, 11) is -0.644. The number of hydrogen-bond donors (Lipinski definition) is 1. The van der Waals surface area contributed by atoms with Gasteiger partial charge >= 0.3 is 0 Å². The van der Waals surface area contributed by atoms with Crippen LogP contribution in [0, 0.1) is 0 Å². The second-order valence-electron chi connectivity index (χ2n) is 4.55. The van der Waals surface area contributed by atoms with Gasteiger partial charge in [0.15, 0.2) is 10.8 Å². The molecule has 1 saturated heterocycles. The van der Waals surface area contributed by atoms with Crippen LogP contribution in [0.4, 0.5) is 5.82 Å². The van der Waals surface area contributed by atoms with Gasteiger partial charge in [-0.25, -0.2) is 4.98 Å². The zero-order chi connectivity index (χ0) is 13.2. The van der Waals surface area contributed by atoms with Gasteiger partial charge in [0.1, 0.15) is 0 Å². The first-order valence-corrected chi connectivity index (χ1v) is 8.91. The summed E-state index contributed by atoms with van der Waals surface area (Å²) >= 11 is 1.66. The fourth-order valence-corrected chi connectivity index (χ4v) is 4.11. The van der Waals surface area contributed by atoms with E-state index in [0.29, 0.717) is 0 Å².